The van der Waals surface area contributed by atoms with Crippen molar-refractivity contribution < 1.29 is 4.42 Å². The molecule has 1 aliphatic rings. The van der Waals surface area contributed by atoms with Crippen LogP contribution in [-0.4, -0.2) is 15.4 Å². The fraction of sp³-hybridized carbons (Fsp3) is 0.450. The Balaban J connectivity index is 1.82. The first-order valence-corrected chi connectivity index (χ1v) is 8.94. The molecule has 0 unspecified atom stereocenters. The summed E-state index contributed by atoms with van der Waals surface area (Å²) < 4.78 is 8.13. The molecule has 1 N–H and O–H groups in total. The lowest BCUT2D eigenvalue weighted by Crippen LogP contribution is -2.23. The fourth-order valence-electron chi connectivity index (χ4n) is 3.59. The van der Waals surface area contributed by atoms with Crippen molar-refractivity contribution in [1.82, 2.24) is 9.38 Å². The van der Waals surface area contributed by atoms with Crippen molar-refractivity contribution >= 4 is 11.5 Å². The average Bonchev–Trinajstić information content (AvgIpc) is 3.09. The number of furan rings is 1. The van der Waals surface area contributed by atoms with E-state index in [4.69, 9.17) is 9.40 Å². The van der Waals surface area contributed by atoms with Gasteiger partial charge in [-0.15, -0.1) is 0 Å². The Hall–Kier alpha value is -2.23. The van der Waals surface area contributed by atoms with Crippen molar-refractivity contribution in [2.45, 2.75) is 58.9 Å². The van der Waals surface area contributed by atoms with Gasteiger partial charge in [0.1, 0.15) is 22.9 Å². The van der Waals surface area contributed by atoms with E-state index in [1.807, 2.05) is 6.92 Å². The summed E-state index contributed by atoms with van der Waals surface area (Å²) in [6, 6.07) is 6.87. The molecule has 0 saturated heterocycles. The molecule has 1 fully saturated rings. The molecule has 24 heavy (non-hydrogen) atoms. The Bertz CT molecular complexity index is 849. The number of nitrogens with one attached hydrogen (secondary N) is 1. The summed E-state index contributed by atoms with van der Waals surface area (Å²) in [4.78, 5) is 4.87. The maximum atomic E-state index is 5.97. The number of hydrogen-bond acceptors (Lipinski definition) is 3. The normalized spacial score (nSPS) is 16.0. The standard InChI is InChI=1S/C20H25N3O/c1-13-9-10-23-18(11-13)22-19(17-12-14(2)15(3)24-17)20(23)21-16-7-5-4-6-8-16/h9-12,16,21H,4-8H2,1-3H3. The zero-order valence-corrected chi connectivity index (χ0v) is 14.7. The van der Waals surface area contributed by atoms with Gasteiger partial charge in [-0.25, -0.2) is 4.98 Å². The second kappa shape index (κ2) is 6.00. The molecule has 126 valence electrons. The molecule has 0 bridgehead atoms. The molecule has 1 saturated carbocycles. The molecule has 0 radical (unpaired) electrons. The first kappa shape index (κ1) is 15.3. The molecule has 1 aliphatic carbocycles. The number of aryl methyl sites for hydroxylation is 3. The van der Waals surface area contributed by atoms with E-state index < -0.39 is 0 Å². The number of pyridine rings is 1. The predicted octanol–water partition coefficient (Wildman–Crippen LogP) is 5.26. The molecule has 0 amide bonds. The zero-order valence-electron chi connectivity index (χ0n) is 14.7. The summed E-state index contributed by atoms with van der Waals surface area (Å²) in [5.41, 5.74) is 4.27. The van der Waals surface area contributed by atoms with Crippen LogP contribution in [0.2, 0.25) is 0 Å². The van der Waals surface area contributed by atoms with E-state index in [0.29, 0.717) is 6.04 Å². The molecule has 3 heterocycles. The van der Waals surface area contributed by atoms with Gasteiger partial charge < -0.3 is 9.73 Å². The molecule has 4 nitrogen and oxygen atoms in total. The number of fused-ring (bicyclic) bond motifs is 1. The highest BCUT2D eigenvalue weighted by Crippen LogP contribution is 2.33. The molecule has 3 aromatic heterocycles. The lowest BCUT2D eigenvalue weighted by atomic mass is 9.95. The first-order chi connectivity index (χ1) is 11.6. The van der Waals surface area contributed by atoms with Crippen LogP contribution in [0.4, 0.5) is 5.82 Å². The van der Waals surface area contributed by atoms with Crippen molar-refractivity contribution in [2.75, 3.05) is 5.32 Å². The lowest BCUT2D eigenvalue weighted by Gasteiger charge is -2.24. The minimum Gasteiger partial charge on any atom is -0.459 e. The second-order valence-electron chi connectivity index (χ2n) is 7.07. The first-order valence-electron chi connectivity index (χ1n) is 8.94. The van der Waals surface area contributed by atoms with Gasteiger partial charge in [0.15, 0.2) is 5.76 Å². The summed E-state index contributed by atoms with van der Waals surface area (Å²) in [6.07, 6.45) is 8.54. The Labute approximate surface area is 142 Å². The maximum Gasteiger partial charge on any atom is 0.156 e. The van der Waals surface area contributed by atoms with E-state index in [1.54, 1.807) is 0 Å². The molecule has 4 heteroatoms. The smallest absolute Gasteiger partial charge is 0.156 e. The summed E-state index contributed by atoms with van der Waals surface area (Å²) >= 11 is 0. The molecule has 0 aromatic carbocycles. The van der Waals surface area contributed by atoms with Crippen LogP contribution in [0.1, 0.15) is 49.0 Å². The highest BCUT2D eigenvalue weighted by molar-refractivity contribution is 5.74. The van der Waals surface area contributed by atoms with Gasteiger partial charge in [-0.05, 0) is 62.9 Å². The number of imidazole rings is 1. The second-order valence-corrected chi connectivity index (χ2v) is 7.07. The highest BCUT2D eigenvalue weighted by atomic mass is 16.3. The number of nitrogens with zero attached hydrogens (tertiary/aromatic N) is 2. The van der Waals surface area contributed by atoms with Crippen molar-refractivity contribution in [3.8, 4) is 11.5 Å². The van der Waals surface area contributed by atoms with Gasteiger partial charge >= 0.3 is 0 Å². The van der Waals surface area contributed by atoms with Crippen LogP contribution in [-0.2, 0) is 0 Å². The monoisotopic (exact) mass is 323 g/mol. The van der Waals surface area contributed by atoms with Crippen LogP contribution < -0.4 is 5.32 Å². The molecular formula is C20H25N3O. The molecule has 0 aliphatic heterocycles. The fourth-order valence-corrected chi connectivity index (χ4v) is 3.59. The summed E-state index contributed by atoms with van der Waals surface area (Å²) in [7, 11) is 0. The quantitative estimate of drug-likeness (QED) is 0.714. The van der Waals surface area contributed by atoms with Crippen molar-refractivity contribution in [3.63, 3.8) is 0 Å². The van der Waals surface area contributed by atoms with Crippen LogP contribution in [0, 0.1) is 20.8 Å². The summed E-state index contributed by atoms with van der Waals surface area (Å²) in [6.45, 7) is 6.19. The SMILES string of the molecule is Cc1ccn2c(NC3CCCCC3)c(-c3cc(C)c(C)o3)nc2c1. The number of rotatable bonds is 3. The topological polar surface area (TPSA) is 42.5 Å². The van der Waals surface area contributed by atoms with E-state index in [0.717, 1.165) is 28.7 Å². The third-order valence-electron chi connectivity index (χ3n) is 5.13. The highest BCUT2D eigenvalue weighted by Gasteiger charge is 2.21. The van der Waals surface area contributed by atoms with Gasteiger partial charge in [0.05, 0.1) is 0 Å². The Morgan fingerprint density at radius 3 is 2.62 bits per heavy atom. The zero-order chi connectivity index (χ0) is 16.7. The molecule has 0 atom stereocenters. The Kier molecular flexibility index (Phi) is 3.83. The number of anilines is 1. The number of hydrogen-bond donors (Lipinski definition) is 1. The van der Waals surface area contributed by atoms with Crippen LogP contribution in [0.5, 0.6) is 0 Å². The lowest BCUT2D eigenvalue weighted by molar-refractivity contribution is 0.461. The van der Waals surface area contributed by atoms with E-state index in [9.17, 15) is 0 Å². The summed E-state index contributed by atoms with van der Waals surface area (Å²) in [5, 5.41) is 3.76. The van der Waals surface area contributed by atoms with E-state index in [2.05, 4.69) is 48.0 Å². The van der Waals surface area contributed by atoms with E-state index in [-0.39, 0.29) is 0 Å². The third kappa shape index (κ3) is 2.70. The third-order valence-corrected chi connectivity index (χ3v) is 5.13. The summed E-state index contributed by atoms with van der Waals surface area (Å²) in [5.74, 6) is 2.87. The number of aromatic nitrogens is 2. The predicted molar refractivity (Wildman–Crippen MR) is 97.6 cm³/mol. The van der Waals surface area contributed by atoms with E-state index >= 15 is 0 Å². The van der Waals surface area contributed by atoms with Crippen molar-refractivity contribution in [2.24, 2.45) is 0 Å². The van der Waals surface area contributed by atoms with Crippen LogP contribution in [0.3, 0.4) is 0 Å². The molecular weight excluding hydrogens is 298 g/mol. The Morgan fingerprint density at radius 2 is 1.92 bits per heavy atom. The van der Waals surface area contributed by atoms with Gasteiger partial charge in [0, 0.05) is 12.2 Å². The largest absolute Gasteiger partial charge is 0.459 e. The van der Waals surface area contributed by atoms with Gasteiger partial charge in [0.2, 0.25) is 0 Å². The van der Waals surface area contributed by atoms with Crippen molar-refractivity contribution in [3.05, 3.63) is 41.3 Å². The van der Waals surface area contributed by atoms with Gasteiger partial charge in [-0.3, -0.25) is 4.40 Å². The van der Waals surface area contributed by atoms with Crippen molar-refractivity contribution in [1.29, 1.82) is 0 Å². The molecule has 0 spiro atoms. The minimum atomic E-state index is 0.524. The van der Waals surface area contributed by atoms with Crippen LogP contribution in [0.25, 0.3) is 17.1 Å². The van der Waals surface area contributed by atoms with Gasteiger partial charge in [-0.2, -0.15) is 0 Å². The Morgan fingerprint density at radius 1 is 1.12 bits per heavy atom. The minimum absolute atomic E-state index is 0.524. The molecule has 3 aromatic rings. The van der Waals surface area contributed by atoms with Crippen LogP contribution >= 0.6 is 0 Å². The maximum absolute atomic E-state index is 5.97. The van der Waals surface area contributed by atoms with Crippen LogP contribution in [0.15, 0.2) is 28.8 Å². The van der Waals surface area contributed by atoms with E-state index in [1.165, 1.54) is 43.2 Å². The van der Waals surface area contributed by atoms with Gasteiger partial charge in [-0.1, -0.05) is 19.3 Å². The molecule has 4 rings (SSSR count). The average molecular weight is 323 g/mol. The van der Waals surface area contributed by atoms with Gasteiger partial charge in [0.25, 0.3) is 0 Å².